The number of hydrogen-bond acceptors (Lipinski definition) is 6. The second kappa shape index (κ2) is 7.49. The van der Waals surface area contributed by atoms with E-state index in [0.29, 0.717) is 25.6 Å². The highest BCUT2D eigenvalue weighted by molar-refractivity contribution is 9.10. The van der Waals surface area contributed by atoms with Gasteiger partial charge in [-0.2, -0.15) is 5.10 Å². The Balaban J connectivity index is 1.83. The molecule has 1 aromatic carbocycles. The summed E-state index contributed by atoms with van der Waals surface area (Å²) in [6, 6.07) is 7.86. The van der Waals surface area contributed by atoms with E-state index in [0.717, 1.165) is 21.2 Å². The minimum atomic E-state index is 0.0250. The molecule has 0 amide bonds. The van der Waals surface area contributed by atoms with Crippen LogP contribution in [-0.4, -0.2) is 51.2 Å². The van der Waals surface area contributed by atoms with E-state index in [1.165, 1.54) is 6.33 Å². The number of aliphatic hydroxyl groups is 1. The van der Waals surface area contributed by atoms with E-state index >= 15 is 0 Å². The number of aromatic nitrogens is 4. The molecule has 23 heavy (non-hydrogen) atoms. The molecule has 2 heterocycles. The molecule has 0 bridgehead atoms. The van der Waals surface area contributed by atoms with Gasteiger partial charge in [-0.05, 0) is 18.2 Å². The van der Waals surface area contributed by atoms with E-state index in [4.69, 9.17) is 9.84 Å². The zero-order valence-corrected chi connectivity index (χ0v) is 13.9. The van der Waals surface area contributed by atoms with Crippen LogP contribution >= 0.6 is 15.9 Å². The second-order valence-electron chi connectivity index (χ2n) is 4.76. The van der Waals surface area contributed by atoms with Crippen LogP contribution in [0.4, 0.5) is 5.82 Å². The predicted octanol–water partition coefficient (Wildman–Crippen LogP) is 2.00. The number of anilines is 1. The number of hydrogen-bond donors (Lipinski definition) is 2. The molecule has 0 aliphatic carbocycles. The molecule has 8 heteroatoms. The fraction of sp³-hybridized carbons (Fsp3) is 0.267. The van der Waals surface area contributed by atoms with Crippen LogP contribution in [0.25, 0.3) is 16.7 Å². The van der Waals surface area contributed by atoms with E-state index < -0.39 is 0 Å². The zero-order valence-electron chi connectivity index (χ0n) is 12.3. The minimum absolute atomic E-state index is 0.0250. The Hall–Kier alpha value is -2.03. The van der Waals surface area contributed by atoms with Gasteiger partial charge in [0.1, 0.15) is 12.1 Å². The number of ether oxygens (including phenoxy) is 1. The van der Waals surface area contributed by atoms with Crippen LogP contribution in [0.15, 0.2) is 41.3 Å². The summed E-state index contributed by atoms with van der Waals surface area (Å²) >= 11 is 3.46. The van der Waals surface area contributed by atoms with Crippen LogP contribution in [0.2, 0.25) is 0 Å². The van der Waals surface area contributed by atoms with Crippen molar-refractivity contribution in [2.24, 2.45) is 0 Å². The van der Waals surface area contributed by atoms with Crippen molar-refractivity contribution in [2.45, 2.75) is 0 Å². The number of rotatable bonds is 7. The normalized spacial score (nSPS) is 11.0. The molecule has 0 spiro atoms. The van der Waals surface area contributed by atoms with Crippen molar-refractivity contribution in [3.63, 3.8) is 0 Å². The average molecular weight is 378 g/mol. The summed E-state index contributed by atoms with van der Waals surface area (Å²) in [5.41, 5.74) is 1.65. The largest absolute Gasteiger partial charge is 0.394 e. The topological polar surface area (TPSA) is 85.1 Å². The lowest BCUT2D eigenvalue weighted by molar-refractivity contribution is 0.0992. The second-order valence-corrected chi connectivity index (χ2v) is 5.67. The van der Waals surface area contributed by atoms with Gasteiger partial charge in [-0.1, -0.05) is 22.0 Å². The zero-order chi connectivity index (χ0) is 16.1. The summed E-state index contributed by atoms with van der Waals surface area (Å²) in [5, 5.41) is 17.1. The molecule has 3 aromatic rings. The van der Waals surface area contributed by atoms with Gasteiger partial charge in [0.15, 0.2) is 5.65 Å². The third-order valence-electron chi connectivity index (χ3n) is 3.19. The summed E-state index contributed by atoms with van der Waals surface area (Å²) in [4.78, 5) is 8.59. The number of nitrogens with zero attached hydrogens (tertiary/aromatic N) is 4. The third-order valence-corrected chi connectivity index (χ3v) is 3.69. The van der Waals surface area contributed by atoms with Crippen molar-refractivity contribution in [2.75, 3.05) is 31.7 Å². The smallest absolute Gasteiger partial charge is 0.168 e. The Kier molecular flexibility index (Phi) is 5.16. The maximum Gasteiger partial charge on any atom is 0.168 e. The lowest BCUT2D eigenvalue weighted by atomic mass is 10.3. The Labute approximate surface area is 141 Å². The van der Waals surface area contributed by atoms with E-state index in [1.54, 1.807) is 10.9 Å². The van der Waals surface area contributed by atoms with Gasteiger partial charge in [-0.25, -0.2) is 14.6 Å². The van der Waals surface area contributed by atoms with Crippen LogP contribution in [0.3, 0.4) is 0 Å². The molecule has 0 aliphatic heterocycles. The van der Waals surface area contributed by atoms with Gasteiger partial charge in [0, 0.05) is 11.0 Å². The summed E-state index contributed by atoms with van der Waals surface area (Å²) in [6.45, 7) is 1.44. The molecule has 0 unspecified atom stereocenters. The van der Waals surface area contributed by atoms with Gasteiger partial charge in [-0.3, -0.25) is 0 Å². The molecule has 2 N–H and O–H groups in total. The molecule has 3 rings (SSSR count). The van der Waals surface area contributed by atoms with Crippen LogP contribution < -0.4 is 5.32 Å². The third kappa shape index (κ3) is 3.66. The Morgan fingerprint density at radius 2 is 2.17 bits per heavy atom. The molecule has 0 saturated carbocycles. The SMILES string of the molecule is OCCOCCNc1ncnc2c1cnn2-c1cccc(Br)c1. The summed E-state index contributed by atoms with van der Waals surface area (Å²) in [5.74, 6) is 0.712. The van der Waals surface area contributed by atoms with Gasteiger partial charge in [0.2, 0.25) is 0 Å². The van der Waals surface area contributed by atoms with Crippen molar-refractivity contribution in [3.05, 3.63) is 41.3 Å². The number of aliphatic hydroxyl groups excluding tert-OH is 1. The first-order valence-electron chi connectivity index (χ1n) is 7.17. The first kappa shape index (κ1) is 15.9. The quantitative estimate of drug-likeness (QED) is 0.612. The Bertz CT molecular complexity index is 792. The fourth-order valence-electron chi connectivity index (χ4n) is 2.19. The van der Waals surface area contributed by atoms with Gasteiger partial charge in [0.25, 0.3) is 0 Å². The lowest BCUT2D eigenvalue weighted by Crippen LogP contribution is -2.12. The lowest BCUT2D eigenvalue weighted by Gasteiger charge is -2.07. The summed E-state index contributed by atoms with van der Waals surface area (Å²) in [6.07, 6.45) is 3.25. The number of halogens is 1. The fourth-order valence-corrected chi connectivity index (χ4v) is 2.58. The molecular weight excluding hydrogens is 362 g/mol. The minimum Gasteiger partial charge on any atom is -0.394 e. The predicted molar refractivity (Wildman–Crippen MR) is 90.8 cm³/mol. The maximum absolute atomic E-state index is 8.67. The summed E-state index contributed by atoms with van der Waals surface area (Å²) in [7, 11) is 0. The average Bonchev–Trinajstić information content (AvgIpc) is 2.99. The van der Waals surface area contributed by atoms with Gasteiger partial charge in [-0.15, -0.1) is 0 Å². The first-order chi connectivity index (χ1) is 11.3. The number of fused-ring (bicyclic) bond motifs is 1. The van der Waals surface area contributed by atoms with E-state index in [2.05, 4.69) is 36.3 Å². The van der Waals surface area contributed by atoms with Crippen LogP contribution in [0.5, 0.6) is 0 Å². The van der Waals surface area contributed by atoms with Crippen molar-refractivity contribution >= 4 is 32.8 Å². The van der Waals surface area contributed by atoms with E-state index in [9.17, 15) is 0 Å². The number of nitrogens with one attached hydrogen (secondary N) is 1. The Morgan fingerprint density at radius 1 is 1.26 bits per heavy atom. The van der Waals surface area contributed by atoms with Crippen molar-refractivity contribution in [1.82, 2.24) is 19.7 Å². The number of benzene rings is 1. The molecule has 0 atom stereocenters. The highest BCUT2D eigenvalue weighted by atomic mass is 79.9. The molecule has 7 nitrogen and oxygen atoms in total. The molecule has 0 aliphatic rings. The highest BCUT2D eigenvalue weighted by Crippen LogP contribution is 2.22. The van der Waals surface area contributed by atoms with Crippen molar-refractivity contribution in [3.8, 4) is 5.69 Å². The van der Waals surface area contributed by atoms with Crippen molar-refractivity contribution < 1.29 is 9.84 Å². The van der Waals surface area contributed by atoms with E-state index in [-0.39, 0.29) is 6.61 Å². The molecular formula is C15H16BrN5O2. The first-order valence-corrected chi connectivity index (χ1v) is 7.96. The van der Waals surface area contributed by atoms with Gasteiger partial charge in [0.05, 0.1) is 37.1 Å². The Morgan fingerprint density at radius 3 is 3.00 bits per heavy atom. The van der Waals surface area contributed by atoms with Crippen LogP contribution in [0.1, 0.15) is 0 Å². The summed E-state index contributed by atoms with van der Waals surface area (Å²) < 4.78 is 7.97. The molecule has 0 fully saturated rings. The van der Waals surface area contributed by atoms with Crippen LogP contribution in [-0.2, 0) is 4.74 Å². The molecule has 2 aromatic heterocycles. The van der Waals surface area contributed by atoms with Crippen molar-refractivity contribution in [1.29, 1.82) is 0 Å². The highest BCUT2D eigenvalue weighted by Gasteiger charge is 2.11. The maximum atomic E-state index is 8.67. The molecule has 0 radical (unpaired) electrons. The van der Waals surface area contributed by atoms with Gasteiger partial charge < -0.3 is 15.2 Å². The van der Waals surface area contributed by atoms with Crippen LogP contribution in [0, 0.1) is 0 Å². The van der Waals surface area contributed by atoms with Gasteiger partial charge >= 0.3 is 0 Å². The van der Waals surface area contributed by atoms with E-state index in [1.807, 2.05) is 24.3 Å². The monoisotopic (exact) mass is 377 g/mol. The standard InChI is InChI=1S/C15H16BrN5O2/c16-11-2-1-3-12(8-11)21-15-13(9-20-21)14(18-10-19-15)17-4-6-23-7-5-22/h1-3,8-10,22H,4-7H2,(H,17,18,19). The molecule has 0 saturated heterocycles. The molecule has 120 valence electrons.